The Bertz CT molecular complexity index is 1440. The van der Waals surface area contributed by atoms with Gasteiger partial charge in [-0.1, -0.05) is 6.58 Å². The highest BCUT2D eigenvalue weighted by Crippen LogP contribution is 2.51. The fraction of sp³-hybridized carbons (Fsp3) is 0.400. The van der Waals surface area contributed by atoms with Crippen molar-refractivity contribution in [3.8, 4) is 0 Å². The molecular weight excluding hydrogens is 531 g/mol. The number of piperazine rings is 1. The minimum Gasteiger partial charge on any atom is -0.383 e. The first-order chi connectivity index (χ1) is 18.0. The first kappa shape index (κ1) is 26.4. The minimum atomic E-state index is -4.90. The fourth-order valence-electron chi connectivity index (χ4n) is 5.21. The largest absolute Gasteiger partial charge is 0.416 e. The number of hydrogen-bond donors (Lipinski definition) is 0. The number of aromatic nitrogens is 2. The molecule has 1 aromatic carbocycles. The van der Waals surface area contributed by atoms with E-state index in [1.165, 1.54) is 17.8 Å². The van der Waals surface area contributed by atoms with Crippen molar-refractivity contribution in [2.24, 2.45) is 0 Å². The molecule has 0 spiro atoms. The van der Waals surface area contributed by atoms with E-state index < -0.39 is 46.6 Å². The van der Waals surface area contributed by atoms with Crippen molar-refractivity contribution in [2.45, 2.75) is 23.0 Å². The molecule has 38 heavy (non-hydrogen) atoms. The molecule has 202 valence electrons. The lowest BCUT2D eigenvalue weighted by Gasteiger charge is -2.37. The van der Waals surface area contributed by atoms with Gasteiger partial charge in [0.1, 0.15) is 17.5 Å². The number of anilines is 1. The maximum atomic E-state index is 14.7. The van der Waals surface area contributed by atoms with Crippen LogP contribution in [-0.2, 0) is 15.7 Å². The standard InChI is InChI=1S/C25H23F5N4O3S/c1-3-19(35)32-4-6-33(7-5-32)23-16-10-17(25(28,29)30)20(15-8-13(26)9-18(15)27)22-21(16)34(24(36)31-23)14(11-37-2)12-38-22/h3,8-10,14-15H,1,4-7,11-12H2,2H3/t14-,15?/m0/s1. The van der Waals surface area contributed by atoms with Crippen LogP contribution in [0.15, 0.2) is 52.2 Å². The van der Waals surface area contributed by atoms with Crippen LogP contribution in [0.4, 0.5) is 27.8 Å². The summed E-state index contributed by atoms with van der Waals surface area (Å²) in [5.41, 5.74) is -2.06. The zero-order valence-electron chi connectivity index (χ0n) is 20.2. The van der Waals surface area contributed by atoms with Crippen molar-refractivity contribution in [1.82, 2.24) is 14.5 Å². The quantitative estimate of drug-likeness (QED) is 0.405. The molecule has 1 unspecified atom stereocenters. The number of thioether (sulfide) groups is 1. The molecule has 2 atom stereocenters. The summed E-state index contributed by atoms with van der Waals surface area (Å²) < 4.78 is 78.7. The lowest BCUT2D eigenvalue weighted by Crippen LogP contribution is -2.49. The van der Waals surface area contributed by atoms with Crippen LogP contribution in [0, 0.1) is 0 Å². The van der Waals surface area contributed by atoms with E-state index in [2.05, 4.69) is 11.6 Å². The number of benzene rings is 1. The molecule has 1 saturated heterocycles. The van der Waals surface area contributed by atoms with Gasteiger partial charge in [0.25, 0.3) is 0 Å². The second-order valence-electron chi connectivity index (χ2n) is 9.14. The lowest BCUT2D eigenvalue weighted by molar-refractivity contribution is -0.138. The predicted octanol–water partition coefficient (Wildman–Crippen LogP) is 4.35. The summed E-state index contributed by atoms with van der Waals surface area (Å²) in [7, 11) is 1.44. The summed E-state index contributed by atoms with van der Waals surface area (Å²) in [5.74, 6) is -3.64. The third-order valence-corrected chi connectivity index (χ3v) is 8.16. The number of carbonyl (C=O) groups is 1. The number of nitrogens with zero attached hydrogens (tertiary/aromatic N) is 4. The SMILES string of the molecule is C=CC(=O)N1CCN(c2nc(=O)n3c4c(c(C5C=C(F)C=C5F)c(C(F)(F)F)cc24)SC[C@@H]3COC)CC1. The molecule has 2 aliphatic heterocycles. The first-order valence-corrected chi connectivity index (χ1v) is 12.8. The average molecular weight is 555 g/mol. The lowest BCUT2D eigenvalue weighted by atomic mass is 9.91. The van der Waals surface area contributed by atoms with Crippen molar-refractivity contribution in [3.05, 3.63) is 64.1 Å². The van der Waals surface area contributed by atoms with Gasteiger partial charge in [0, 0.05) is 55.4 Å². The number of carbonyl (C=O) groups excluding carboxylic acids is 1. The fourth-order valence-corrected chi connectivity index (χ4v) is 6.55. The smallest absolute Gasteiger partial charge is 0.383 e. The normalized spacial score (nSPS) is 21.5. The Morgan fingerprint density at radius 3 is 2.55 bits per heavy atom. The molecule has 5 rings (SSSR count). The van der Waals surface area contributed by atoms with E-state index in [0.717, 1.165) is 23.9 Å². The summed E-state index contributed by atoms with van der Waals surface area (Å²) in [6.45, 7) is 4.55. The molecule has 1 fully saturated rings. The van der Waals surface area contributed by atoms with Crippen LogP contribution in [0.2, 0.25) is 0 Å². The molecule has 13 heteroatoms. The van der Waals surface area contributed by atoms with Gasteiger partial charge in [0.05, 0.1) is 29.6 Å². The second-order valence-corrected chi connectivity index (χ2v) is 10.2. The maximum absolute atomic E-state index is 14.7. The number of halogens is 5. The number of methoxy groups -OCH3 is 1. The van der Waals surface area contributed by atoms with Gasteiger partial charge >= 0.3 is 11.9 Å². The Labute approximate surface area is 218 Å². The zero-order valence-corrected chi connectivity index (χ0v) is 21.0. The Morgan fingerprint density at radius 2 is 1.97 bits per heavy atom. The maximum Gasteiger partial charge on any atom is 0.416 e. The average Bonchev–Trinajstić information content (AvgIpc) is 3.22. The van der Waals surface area contributed by atoms with Crippen molar-refractivity contribution in [3.63, 3.8) is 0 Å². The predicted molar refractivity (Wildman–Crippen MR) is 133 cm³/mol. The number of hydrogen-bond acceptors (Lipinski definition) is 6. The first-order valence-electron chi connectivity index (χ1n) is 11.8. The van der Waals surface area contributed by atoms with Gasteiger partial charge in [0.2, 0.25) is 5.91 Å². The van der Waals surface area contributed by atoms with Gasteiger partial charge in [-0.15, -0.1) is 11.8 Å². The highest BCUT2D eigenvalue weighted by molar-refractivity contribution is 7.99. The van der Waals surface area contributed by atoms with Crippen molar-refractivity contribution < 1.29 is 31.5 Å². The van der Waals surface area contributed by atoms with E-state index in [1.54, 1.807) is 9.80 Å². The van der Waals surface area contributed by atoms with Crippen LogP contribution in [0.1, 0.15) is 23.1 Å². The molecule has 0 bridgehead atoms. The summed E-state index contributed by atoms with van der Waals surface area (Å²) >= 11 is 1.05. The van der Waals surface area contributed by atoms with Gasteiger partial charge in [-0.25, -0.2) is 13.6 Å². The molecule has 7 nitrogen and oxygen atoms in total. The molecular formula is C25H23F5N4O3S. The summed E-state index contributed by atoms with van der Waals surface area (Å²) in [5, 5.41) is 0.0688. The molecule has 1 aliphatic carbocycles. The third-order valence-electron chi connectivity index (χ3n) is 6.91. The van der Waals surface area contributed by atoms with Gasteiger partial charge in [0.15, 0.2) is 0 Å². The van der Waals surface area contributed by atoms with E-state index in [1.807, 2.05) is 0 Å². The van der Waals surface area contributed by atoms with Crippen LogP contribution in [-0.4, -0.2) is 66.0 Å². The van der Waals surface area contributed by atoms with E-state index in [4.69, 9.17) is 4.74 Å². The topological polar surface area (TPSA) is 67.7 Å². The Balaban J connectivity index is 1.78. The van der Waals surface area contributed by atoms with E-state index in [0.29, 0.717) is 6.08 Å². The van der Waals surface area contributed by atoms with Gasteiger partial charge in [-0.05, 0) is 23.8 Å². The Kier molecular flexibility index (Phi) is 6.84. The Morgan fingerprint density at radius 1 is 1.26 bits per heavy atom. The van der Waals surface area contributed by atoms with E-state index >= 15 is 0 Å². The van der Waals surface area contributed by atoms with Crippen LogP contribution in [0.5, 0.6) is 0 Å². The molecule has 0 saturated carbocycles. The van der Waals surface area contributed by atoms with Crippen molar-refractivity contribution in [1.29, 1.82) is 0 Å². The number of rotatable bonds is 5. The minimum absolute atomic E-state index is 0.0491. The van der Waals surface area contributed by atoms with Crippen LogP contribution >= 0.6 is 11.8 Å². The van der Waals surface area contributed by atoms with Crippen molar-refractivity contribution >= 4 is 34.4 Å². The van der Waals surface area contributed by atoms with Gasteiger partial charge in [-0.3, -0.25) is 9.36 Å². The van der Waals surface area contributed by atoms with Crippen LogP contribution < -0.4 is 10.6 Å². The highest BCUT2D eigenvalue weighted by Gasteiger charge is 2.42. The van der Waals surface area contributed by atoms with E-state index in [-0.39, 0.29) is 66.1 Å². The van der Waals surface area contributed by atoms with Crippen molar-refractivity contribution in [2.75, 3.05) is 50.5 Å². The number of alkyl halides is 3. The summed E-state index contributed by atoms with van der Waals surface area (Å²) in [6.07, 6.45) is -2.34. The molecule has 2 aromatic rings. The second kappa shape index (κ2) is 9.84. The number of amides is 1. The molecule has 0 radical (unpaired) electrons. The molecule has 1 aromatic heterocycles. The molecule has 3 aliphatic rings. The van der Waals surface area contributed by atoms with Crippen LogP contribution in [0.25, 0.3) is 10.9 Å². The molecule has 3 heterocycles. The van der Waals surface area contributed by atoms with E-state index in [9.17, 15) is 31.5 Å². The summed E-state index contributed by atoms with van der Waals surface area (Å²) in [4.78, 5) is 32.8. The number of ether oxygens (including phenoxy) is 1. The number of allylic oxidation sites excluding steroid dienone is 4. The van der Waals surface area contributed by atoms with Gasteiger partial charge < -0.3 is 14.5 Å². The van der Waals surface area contributed by atoms with Gasteiger partial charge in [-0.2, -0.15) is 18.2 Å². The molecule has 1 amide bonds. The summed E-state index contributed by atoms with van der Waals surface area (Å²) in [6, 6.07) is 0.345. The van der Waals surface area contributed by atoms with Crippen LogP contribution in [0.3, 0.4) is 0 Å². The molecule has 0 N–H and O–H groups in total. The third kappa shape index (κ3) is 4.41. The highest BCUT2D eigenvalue weighted by atomic mass is 32.2. The Hall–Kier alpha value is -3.19. The monoisotopic (exact) mass is 554 g/mol. The zero-order chi connectivity index (χ0) is 27.4.